The lowest BCUT2D eigenvalue weighted by Gasteiger charge is -2.30. The fourth-order valence-electron chi connectivity index (χ4n) is 1.67. The third kappa shape index (κ3) is 3.72. The molecule has 0 saturated carbocycles. The van der Waals surface area contributed by atoms with E-state index in [2.05, 4.69) is 5.32 Å². The van der Waals surface area contributed by atoms with Gasteiger partial charge in [0.2, 0.25) is 0 Å². The number of carboxylic acids is 1. The third-order valence-corrected chi connectivity index (χ3v) is 3.00. The maximum atomic E-state index is 11.7. The van der Waals surface area contributed by atoms with E-state index in [4.69, 9.17) is 14.6 Å². The number of carbonyl (C=O) groups is 3. The Bertz CT molecular complexity index is 432. The Kier molecular flexibility index (Phi) is 4.75. The van der Waals surface area contributed by atoms with Crippen LogP contribution in [0.15, 0.2) is 11.8 Å². The second-order valence-corrected chi connectivity index (χ2v) is 5.10. The molecule has 112 valence electrons. The fourth-order valence-corrected chi connectivity index (χ4v) is 1.67. The van der Waals surface area contributed by atoms with E-state index in [1.54, 1.807) is 6.92 Å². The highest BCUT2D eigenvalue weighted by Crippen LogP contribution is 2.22. The lowest BCUT2D eigenvalue weighted by atomic mass is 9.99. The summed E-state index contributed by atoms with van der Waals surface area (Å²) < 4.78 is 9.80. The molecule has 0 radical (unpaired) electrons. The Morgan fingerprint density at radius 2 is 1.85 bits per heavy atom. The molecule has 2 atom stereocenters. The van der Waals surface area contributed by atoms with Gasteiger partial charge < -0.3 is 19.9 Å². The molecule has 20 heavy (non-hydrogen) atoms. The summed E-state index contributed by atoms with van der Waals surface area (Å²) in [5.74, 6) is -4.22. The molecule has 1 saturated heterocycles. The molecule has 0 amide bonds. The highest BCUT2D eigenvalue weighted by atomic mass is 16.7. The smallest absolute Gasteiger partial charge is 0.350 e. The lowest BCUT2D eigenvalue weighted by Crippen LogP contribution is -2.44. The van der Waals surface area contributed by atoms with Crippen molar-refractivity contribution in [3.05, 3.63) is 11.8 Å². The molecule has 0 bridgehead atoms. The molecular formula is C13H19NO6. The Labute approximate surface area is 116 Å². The zero-order chi connectivity index (χ0) is 15.5. The quantitative estimate of drug-likeness (QED) is 0.437. The maximum absolute atomic E-state index is 11.7. The van der Waals surface area contributed by atoms with Gasteiger partial charge in [0.15, 0.2) is 5.57 Å². The Morgan fingerprint density at radius 1 is 1.35 bits per heavy atom. The number of ether oxygens (including phenoxy) is 2. The summed E-state index contributed by atoms with van der Waals surface area (Å²) in [5.41, 5.74) is -0.348. The number of nitrogens with one attached hydrogen (secondary N) is 1. The summed E-state index contributed by atoms with van der Waals surface area (Å²) in [6.45, 7) is 6.48. The van der Waals surface area contributed by atoms with Gasteiger partial charge in [0.05, 0.1) is 0 Å². The molecule has 0 aromatic heterocycles. The van der Waals surface area contributed by atoms with Gasteiger partial charge in [-0.3, -0.25) is 0 Å². The van der Waals surface area contributed by atoms with Crippen molar-refractivity contribution in [3.8, 4) is 0 Å². The van der Waals surface area contributed by atoms with Crippen molar-refractivity contribution >= 4 is 17.9 Å². The maximum Gasteiger partial charge on any atom is 0.350 e. The van der Waals surface area contributed by atoms with Gasteiger partial charge in [0.1, 0.15) is 6.04 Å². The molecule has 7 heteroatoms. The Morgan fingerprint density at radius 3 is 2.25 bits per heavy atom. The van der Waals surface area contributed by atoms with Gasteiger partial charge >= 0.3 is 17.9 Å². The molecule has 0 unspecified atom stereocenters. The fraction of sp³-hybridized carbons (Fsp3) is 0.615. The van der Waals surface area contributed by atoms with Crippen LogP contribution in [0.25, 0.3) is 0 Å². The van der Waals surface area contributed by atoms with Crippen molar-refractivity contribution in [2.45, 2.75) is 45.9 Å². The van der Waals surface area contributed by atoms with Crippen LogP contribution in [0.5, 0.6) is 0 Å². The van der Waals surface area contributed by atoms with E-state index in [0.717, 1.165) is 6.20 Å². The van der Waals surface area contributed by atoms with Crippen LogP contribution in [0.1, 0.15) is 34.1 Å². The van der Waals surface area contributed by atoms with Crippen molar-refractivity contribution in [3.63, 3.8) is 0 Å². The number of rotatable bonds is 5. The van der Waals surface area contributed by atoms with Gasteiger partial charge in [-0.2, -0.15) is 0 Å². The second kappa shape index (κ2) is 5.94. The minimum atomic E-state index is -1.31. The monoisotopic (exact) mass is 285 g/mol. The second-order valence-electron chi connectivity index (χ2n) is 5.10. The minimum absolute atomic E-state index is 0.170. The Balaban J connectivity index is 2.86. The van der Waals surface area contributed by atoms with Crippen LogP contribution in [0.4, 0.5) is 0 Å². The number of hydrogen-bond acceptors (Lipinski definition) is 6. The topological polar surface area (TPSA) is 102 Å². The first kappa shape index (κ1) is 16.0. The summed E-state index contributed by atoms with van der Waals surface area (Å²) in [7, 11) is 0. The highest BCUT2D eigenvalue weighted by Gasteiger charge is 2.39. The van der Waals surface area contributed by atoms with Crippen molar-refractivity contribution in [2.75, 3.05) is 0 Å². The zero-order valence-electron chi connectivity index (χ0n) is 11.9. The molecule has 7 nitrogen and oxygen atoms in total. The highest BCUT2D eigenvalue weighted by molar-refractivity contribution is 6.15. The van der Waals surface area contributed by atoms with Gasteiger partial charge in [0, 0.05) is 20.0 Å². The van der Waals surface area contributed by atoms with Crippen LogP contribution in [0, 0.1) is 5.92 Å². The molecule has 1 aliphatic rings. The van der Waals surface area contributed by atoms with E-state index in [-0.39, 0.29) is 11.5 Å². The van der Waals surface area contributed by atoms with E-state index >= 15 is 0 Å². The average Bonchev–Trinajstić information content (AvgIpc) is 2.30. The van der Waals surface area contributed by atoms with E-state index in [0.29, 0.717) is 6.42 Å². The molecule has 1 aliphatic heterocycles. The number of carbonyl (C=O) groups excluding carboxylic acids is 2. The summed E-state index contributed by atoms with van der Waals surface area (Å²) in [6.07, 6.45) is 1.68. The van der Waals surface area contributed by atoms with Crippen molar-refractivity contribution in [1.82, 2.24) is 5.32 Å². The number of aliphatic carboxylic acids is 1. The third-order valence-electron chi connectivity index (χ3n) is 3.00. The number of esters is 2. The van der Waals surface area contributed by atoms with Crippen LogP contribution in [0.2, 0.25) is 0 Å². The van der Waals surface area contributed by atoms with E-state index in [1.807, 2.05) is 6.92 Å². The van der Waals surface area contributed by atoms with Gasteiger partial charge in [-0.1, -0.05) is 20.3 Å². The van der Waals surface area contributed by atoms with Crippen molar-refractivity contribution in [1.29, 1.82) is 0 Å². The number of carboxylic acid groups (broad SMARTS) is 1. The molecule has 1 heterocycles. The molecule has 0 aliphatic carbocycles. The number of hydrogen-bond donors (Lipinski definition) is 2. The lowest BCUT2D eigenvalue weighted by molar-refractivity contribution is -0.222. The van der Waals surface area contributed by atoms with Gasteiger partial charge in [-0.05, 0) is 5.92 Å². The van der Waals surface area contributed by atoms with Crippen LogP contribution < -0.4 is 5.32 Å². The zero-order valence-corrected chi connectivity index (χ0v) is 11.9. The van der Waals surface area contributed by atoms with Crippen molar-refractivity contribution in [2.24, 2.45) is 5.92 Å². The molecule has 0 aromatic carbocycles. The Hall–Kier alpha value is -2.05. The normalized spacial score (nSPS) is 20.5. The summed E-state index contributed by atoms with van der Waals surface area (Å²) >= 11 is 0. The van der Waals surface area contributed by atoms with Crippen LogP contribution >= 0.6 is 0 Å². The van der Waals surface area contributed by atoms with Gasteiger partial charge in [-0.25, -0.2) is 14.4 Å². The van der Waals surface area contributed by atoms with Gasteiger partial charge in [-0.15, -0.1) is 0 Å². The summed E-state index contributed by atoms with van der Waals surface area (Å²) in [4.78, 5) is 34.4. The molecule has 1 rings (SSSR count). The summed E-state index contributed by atoms with van der Waals surface area (Å²) in [5, 5.41) is 11.7. The van der Waals surface area contributed by atoms with Crippen LogP contribution in [0.3, 0.4) is 0 Å². The molecule has 0 aromatic rings. The van der Waals surface area contributed by atoms with Crippen LogP contribution in [-0.2, 0) is 23.9 Å². The molecular weight excluding hydrogens is 266 g/mol. The van der Waals surface area contributed by atoms with E-state index in [1.165, 1.54) is 13.8 Å². The first-order valence-electron chi connectivity index (χ1n) is 6.33. The van der Waals surface area contributed by atoms with E-state index in [9.17, 15) is 14.4 Å². The van der Waals surface area contributed by atoms with Gasteiger partial charge in [0.25, 0.3) is 5.79 Å². The molecule has 1 fully saturated rings. The van der Waals surface area contributed by atoms with Crippen LogP contribution in [-0.4, -0.2) is 34.8 Å². The predicted molar refractivity (Wildman–Crippen MR) is 68.4 cm³/mol. The summed E-state index contributed by atoms with van der Waals surface area (Å²) in [6, 6.07) is -0.900. The van der Waals surface area contributed by atoms with Crippen molar-refractivity contribution < 1.29 is 29.0 Å². The first-order chi connectivity index (χ1) is 9.18. The van der Waals surface area contributed by atoms with E-state index < -0.39 is 29.7 Å². The standard InChI is InChI=1S/C13H19NO6/c1-5-7(2)9(10(15)16)14-6-8-11(17)19-13(3,4)20-12(8)18/h6-7,9,14H,5H2,1-4H3,(H,15,16)/t7-,9+/m0/s1. The molecule has 2 N–H and O–H groups in total. The minimum Gasteiger partial charge on any atom is -0.480 e. The SMILES string of the molecule is CC[C@H](C)[C@@H](NC=C1C(=O)OC(C)(C)OC1=O)C(=O)O. The number of cyclic esters (lactones) is 2. The average molecular weight is 285 g/mol. The predicted octanol–water partition coefficient (Wildman–Crippen LogP) is 0.795. The molecule has 0 spiro atoms. The largest absolute Gasteiger partial charge is 0.480 e. The first-order valence-corrected chi connectivity index (χ1v) is 6.33.